The Hall–Kier alpha value is -2.66. The maximum Gasteiger partial charge on any atom is 0.281 e. The van der Waals surface area contributed by atoms with Gasteiger partial charge in [0.2, 0.25) is 0 Å². The molecule has 0 aliphatic carbocycles. The van der Waals surface area contributed by atoms with Gasteiger partial charge in [-0.05, 0) is 35.2 Å². The molecule has 0 saturated heterocycles. The summed E-state index contributed by atoms with van der Waals surface area (Å²) in [5, 5.41) is 8.08. The Kier molecular flexibility index (Phi) is 4.68. The van der Waals surface area contributed by atoms with E-state index in [-0.39, 0.29) is 5.91 Å². The number of hydrazone groups is 1. The van der Waals surface area contributed by atoms with E-state index in [1.54, 1.807) is 12.3 Å². The van der Waals surface area contributed by atoms with Gasteiger partial charge in [0.25, 0.3) is 5.91 Å². The van der Waals surface area contributed by atoms with Crippen LogP contribution in [-0.4, -0.2) is 18.7 Å². The van der Waals surface area contributed by atoms with Crippen LogP contribution in [-0.2, 0) is 0 Å². The molecule has 3 rings (SSSR count). The van der Waals surface area contributed by atoms with Gasteiger partial charge >= 0.3 is 0 Å². The lowest BCUT2D eigenvalue weighted by molar-refractivity contribution is 0.0959. The summed E-state index contributed by atoms with van der Waals surface area (Å²) in [6, 6.07) is 15.5. The van der Waals surface area contributed by atoms with Crippen LogP contribution in [0.4, 0.5) is 0 Å². The summed E-state index contributed by atoms with van der Waals surface area (Å²) in [6.07, 6.45) is 1.64. The molecule has 0 bridgehead atoms. The van der Waals surface area contributed by atoms with E-state index in [9.17, 15) is 4.79 Å². The normalized spacial score (nSPS) is 11.0. The maximum absolute atomic E-state index is 11.9. The molecule has 3 aromatic rings. The van der Waals surface area contributed by atoms with E-state index in [0.717, 1.165) is 22.1 Å². The van der Waals surface area contributed by atoms with E-state index in [2.05, 4.69) is 10.5 Å². The molecule has 1 aromatic heterocycles. The Morgan fingerprint density at radius 3 is 2.87 bits per heavy atom. The number of nitrogens with zero attached hydrogens (tertiary/aromatic N) is 1. The van der Waals surface area contributed by atoms with Gasteiger partial charge in [0.1, 0.15) is 5.75 Å². The Morgan fingerprint density at radius 1 is 1.22 bits per heavy atom. The highest BCUT2D eigenvalue weighted by Gasteiger charge is 2.08. The molecule has 1 amide bonds. The molecule has 0 saturated carbocycles. The first-order chi connectivity index (χ1) is 11.3. The van der Waals surface area contributed by atoms with Crippen molar-refractivity contribution >= 4 is 34.2 Å². The Balaban J connectivity index is 1.89. The molecule has 0 aliphatic rings. The van der Waals surface area contributed by atoms with E-state index in [0.29, 0.717) is 11.5 Å². The Bertz CT molecular complexity index is 841. The molecule has 1 heterocycles. The van der Waals surface area contributed by atoms with Crippen molar-refractivity contribution in [3.8, 4) is 5.75 Å². The molecular formula is C18H16N2O2S. The molecule has 0 fully saturated rings. The summed E-state index contributed by atoms with van der Waals surface area (Å²) in [5.41, 5.74) is 3.41. The van der Waals surface area contributed by atoms with E-state index in [1.165, 1.54) is 11.3 Å². The molecule has 0 atom stereocenters. The van der Waals surface area contributed by atoms with Crippen molar-refractivity contribution in [2.45, 2.75) is 6.92 Å². The van der Waals surface area contributed by atoms with Crippen LogP contribution in [0.25, 0.3) is 10.8 Å². The summed E-state index contributed by atoms with van der Waals surface area (Å²) in [7, 11) is 0. The van der Waals surface area contributed by atoms with Crippen molar-refractivity contribution in [1.82, 2.24) is 5.43 Å². The molecule has 116 valence electrons. The van der Waals surface area contributed by atoms with E-state index in [1.807, 2.05) is 54.8 Å². The third-order valence-corrected chi connectivity index (χ3v) is 4.20. The number of nitrogens with one attached hydrogen (secondary N) is 1. The smallest absolute Gasteiger partial charge is 0.281 e. The number of rotatable bonds is 5. The molecule has 2 aromatic carbocycles. The number of fused-ring (bicyclic) bond motifs is 1. The molecular weight excluding hydrogens is 308 g/mol. The van der Waals surface area contributed by atoms with Gasteiger partial charge in [0.05, 0.1) is 17.7 Å². The number of carbonyl (C=O) groups excluding carboxylic acids is 1. The van der Waals surface area contributed by atoms with Crippen LogP contribution in [0.5, 0.6) is 5.75 Å². The van der Waals surface area contributed by atoms with E-state index < -0.39 is 0 Å². The van der Waals surface area contributed by atoms with Crippen molar-refractivity contribution in [1.29, 1.82) is 0 Å². The number of benzene rings is 2. The lowest BCUT2D eigenvalue weighted by Gasteiger charge is -2.10. The highest BCUT2D eigenvalue weighted by Crippen LogP contribution is 2.26. The van der Waals surface area contributed by atoms with Gasteiger partial charge in [0, 0.05) is 5.56 Å². The summed E-state index contributed by atoms with van der Waals surface area (Å²) in [4.78, 5) is 12.6. The van der Waals surface area contributed by atoms with Gasteiger partial charge < -0.3 is 4.74 Å². The fourth-order valence-electron chi connectivity index (χ4n) is 2.31. The van der Waals surface area contributed by atoms with Crippen LogP contribution in [0.2, 0.25) is 0 Å². The second-order valence-corrected chi connectivity index (χ2v) is 5.76. The fourth-order valence-corrected chi connectivity index (χ4v) is 2.92. The topological polar surface area (TPSA) is 50.7 Å². The van der Waals surface area contributed by atoms with Crippen LogP contribution < -0.4 is 10.2 Å². The van der Waals surface area contributed by atoms with Crippen molar-refractivity contribution < 1.29 is 9.53 Å². The fraction of sp³-hybridized carbons (Fsp3) is 0.111. The number of hydrogen-bond donors (Lipinski definition) is 1. The van der Waals surface area contributed by atoms with E-state index in [4.69, 9.17) is 4.74 Å². The molecule has 0 aliphatic heterocycles. The third-order valence-electron chi connectivity index (χ3n) is 3.34. The van der Waals surface area contributed by atoms with Crippen LogP contribution in [0.1, 0.15) is 22.2 Å². The Morgan fingerprint density at radius 2 is 2.09 bits per heavy atom. The van der Waals surface area contributed by atoms with Gasteiger partial charge in [0.15, 0.2) is 0 Å². The number of thiophene rings is 1. The zero-order valence-corrected chi connectivity index (χ0v) is 13.5. The monoisotopic (exact) mass is 324 g/mol. The Labute approximate surface area is 138 Å². The minimum atomic E-state index is -0.213. The molecule has 0 spiro atoms. The average molecular weight is 324 g/mol. The van der Waals surface area contributed by atoms with Crippen LogP contribution >= 0.6 is 11.3 Å². The first kappa shape index (κ1) is 15.2. The summed E-state index contributed by atoms with van der Waals surface area (Å²) in [5.74, 6) is 0.537. The minimum Gasteiger partial charge on any atom is -0.493 e. The highest BCUT2D eigenvalue weighted by molar-refractivity contribution is 7.12. The zero-order valence-electron chi connectivity index (χ0n) is 12.7. The van der Waals surface area contributed by atoms with Gasteiger partial charge in [-0.2, -0.15) is 5.10 Å². The second-order valence-electron chi connectivity index (χ2n) is 4.81. The SMILES string of the molecule is CCOc1ccc2ccccc2c1/C=N\NC(=O)c1cccs1. The van der Waals surface area contributed by atoms with Gasteiger partial charge in [-0.15, -0.1) is 11.3 Å². The lowest BCUT2D eigenvalue weighted by Crippen LogP contribution is -2.16. The lowest BCUT2D eigenvalue weighted by atomic mass is 10.0. The maximum atomic E-state index is 11.9. The van der Waals surface area contributed by atoms with Crippen molar-refractivity contribution in [2.75, 3.05) is 6.61 Å². The van der Waals surface area contributed by atoms with Gasteiger partial charge in [-0.25, -0.2) is 5.43 Å². The molecule has 1 N–H and O–H groups in total. The van der Waals surface area contributed by atoms with Crippen molar-refractivity contribution in [3.05, 3.63) is 64.4 Å². The standard InChI is InChI=1S/C18H16N2O2S/c1-2-22-16-10-9-13-6-3-4-7-14(13)15(16)12-19-20-18(21)17-8-5-11-23-17/h3-12H,2H2,1H3,(H,20,21)/b19-12-. The predicted octanol–water partition coefficient (Wildman–Crippen LogP) is 4.06. The molecule has 5 heteroatoms. The number of hydrogen-bond acceptors (Lipinski definition) is 4. The third kappa shape index (κ3) is 3.40. The number of ether oxygens (including phenoxy) is 1. The van der Waals surface area contributed by atoms with E-state index >= 15 is 0 Å². The number of amides is 1. The predicted molar refractivity (Wildman–Crippen MR) is 94.5 cm³/mol. The summed E-state index contributed by atoms with van der Waals surface area (Å²) in [6.45, 7) is 2.51. The minimum absolute atomic E-state index is 0.213. The first-order valence-electron chi connectivity index (χ1n) is 7.31. The van der Waals surface area contributed by atoms with Gasteiger partial charge in [-0.3, -0.25) is 4.79 Å². The van der Waals surface area contributed by atoms with Crippen LogP contribution in [0.3, 0.4) is 0 Å². The van der Waals surface area contributed by atoms with Crippen LogP contribution in [0, 0.1) is 0 Å². The molecule has 23 heavy (non-hydrogen) atoms. The quantitative estimate of drug-likeness (QED) is 0.568. The van der Waals surface area contributed by atoms with Crippen molar-refractivity contribution in [2.24, 2.45) is 5.10 Å². The first-order valence-corrected chi connectivity index (χ1v) is 8.19. The molecule has 0 radical (unpaired) electrons. The molecule has 0 unspecified atom stereocenters. The van der Waals surface area contributed by atoms with Gasteiger partial charge in [-0.1, -0.05) is 36.4 Å². The molecule has 4 nitrogen and oxygen atoms in total. The average Bonchev–Trinajstić information content (AvgIpc) is 3.11. The number of carbonyl (C=O) groups is 1. The van der Waals surface area contributed by atoms with Crippen molar-refractivity contribution in [3.63, 3.8) is 0 Å². The summed E-state index contributed by atoms with van der Waals surface area (Å²) < 4.78 is 5.67. The second kappa shape index (κ2) is 7.07. The highest BCUT2D eigenvalue weighted by atomic mass is 32.1. The largest absolute Gasteiger partial charge is 0.493 e. The summed E-state index contributed by atoms with van der Waals surface area (Å²) >= 11 is 1.38. The van der Waals surface area contributed by atoms with Crippen LogP contribution in [0.15, 0.2) is 59.0 Å². The zero-order chi connectivity index (χ0) is 16.1.